The second kappa shape index (κ2) is 4.64. The third kappa shape index (κ3) is 3.18. The second-order valence-electron chi connectivity index (χ2n) is 4.58. The summed E-state index contributed by atoms with van der Waals surface area (Å²) in [4.78, 5) is 13.2. The monoisotopic (exact) mass is 199 g/mol. The van der Waals surface area contributed by atoms with Crippen molar-refractivity contribution in [1.29, 1.82) is 0 Å². The van der Waals surface area contributed by atoms with Gasteiger partial charge in [-0.1, -0.05) is 0 Å². The molecule has 1 aliphatic rings. The van der Waals surface area contributed by atoms with E-state index < -0.39 is 0 Å². The van der Waals surface area contributed by atoms with E-state index >= 15 is 0 Å². The zero-order valence-electron chi connectivity index (χ0n) is 9.29. The number of carbonyl (C=O) groups excluding carboxylic acids is 1. The molecule has 0 aromatic rings. The lowest BCUT2D eigenvalue weighted by Crippen LogP contribution is -2.47. The highest BCUT2D eigenvalue weighted by atomic mass is 16.2. The predicted molar refractivity (Wildman–Crippen MR) is 57.0 cm³/mol. The fraction of sp³-hybridized carbons (Fsp3) is 0.900. The second-order valence-corrected chi connectivity index (χ2v) is 4.58. The minimum Gasteiger partial charge on any atom is -0.336 e. The lowest BCUT2D eigenvalue weighted by atomic mass is 9.81. The molecule has 0 saturated heterocycles. The molecule has 1 fully saturated rings. The zero-order valence-corrected chi connectivity index (χ0v) is 9.29. The summed E-state index contributed by atoms with van der Waals surface area (Å²) in [7, 11) is 1.83. The summed E-state index contributed by atoms with van der Waals surface area (Å²) in [6.45, 7) is 4.75. The van der Waals surface area contributed by atoms with Crippen molar-refractivity contribution < 1.29 is 4.79 Å². The Morgan fingerprint density at radius 1 is 1.57 bits per heavy atom. The van der Waals surface area contributed by atoms with E-state index in [1.54, 1.807) is 4.90 Å². The molecule has 0 unspecified atom stereocenters. The molecule has 0 aromatic heterocycles. The van der Waals surface area contributed by atoms with Crippen molar-refractivity contribution in [3.05, 3.63) is 0 Å². The van der Waals surface area contributed by atoms with Gasteiger partial charge in [-0.25, -0.2) is 4.79 Å². The lowest BCUT2D eigenvalue weighted by molar-refractivity contribution is 0.170. The van der Waals surface area contributed by atoms with Gasteiger partial charge in [0.05, 0.1) is 0 Å². The summed E-state index contributed by atoms with van der Waals surface area (Å²) in [6.07, 6.45) is 2.11. The Balaban J connectivity index is 2.20. The molecule has 1 saturated carbocycles. The Bertz CT molecular complexity index is 200. The lowest BCUT2D eigenvalue weighted by Gasteiger charge is -2.35. The van der Waals surface area contributed by atoms with Gasteiger partial charge in [-0.15, -0.1) is 0 Å². The Kier molecular flexibility index (Phi) is 3.75. The number of hydrogen-bond acceptors (Lipinski definition) is 2. The summed E-state index contributed by atoms with van der Waals surface area (Å²) in [5.74, 6) is 0.605. The average molecular weight is 199 g/mol. The van der Waals surface area contributed by atoms with Gasteiger partial charge in [0.15, 0.2) is 0 Å². The van der Waals surface area contributed by atoms with Crippen LogP contribution in [0.2, 0.25) is 0 Å². The van der Waals surface area contributed by atoms with Gasteiger partial charge >= 0.3 is 6.03 Å². The van der Waals surface area contributed by atoms with Crippen LogP contribution in [0.15, 0.2) is 0 Å². The van der Waals surface area contributed by atoms with Crippen molar-refractivity contribution in [1.82, 2.24) is 10.2 Å². The first-order valence-electron chi connectivity index (χ1n) is 5.26. The molecular weight excluding hydrogens is 178 g/mol. The molecule has 14 heavy (non-hydrogen) atoms. The molecule has 3 N–H and O–H groups in total. The van der Waals surface area contributed by atoms with Gasteiger partial charge < -0.3 is 16.0 Å². The van der Waals surface area contributed by atoms with Crippen LogP contribution in [0, 0.1) is 5.92 Å². The third-order valence-electron chi connectivity index (χ3n) is 2.56. The van der Waals surface area contributed by atoms with Crippen molar-refractivity contribution in [2.24, 2.45) is 11.7 Å². The van der Waals surface area contributed by atoms with Crippen LogP contribution >= 0.6 is 0 Å². The molecule has 0 aliphatic heterocycles. The predicted octanol–water partition coefficient (Wildman–Crippen LogP) is 0.773. The molecule has 0 atom stereocenters. The summed E-state index contributed by atoms with van der Waals surface area (Å²) in [5, 5.41) is 2.86. The van der Waals surface area contributed by atoms with Crippen molar-refractivity contribution in [3.8, 4) is 0 Å². The standard InChI is InChI=1S/C10H21N3O/c1-7(2)12-10(14)13(3)6-8-4-9(11)5-8/h7-9H,4-6,11H2,1-3H3,(H,12,14). The molecule has 0 radical (unpaired) electrons. The Morgan fingerprint density at radius 3 is 2.57 bits per heavy atom. The molecule has 0 aromatic carbocycles. The van der Waals surface area contributed by atoms with E-state index in [4.69, 9.17) is 5.73 Å². The quantitative estimate of drug-likeness (QED) is 0.705. The Labute approximate surface area is 85.8 Å². The number of rotatable bonds is 3. The molecule has 0 heterocycles. The van der Waals surface area contributed by atoms with E-state index in [1.807, 2.05) is 20.9 Å². The highest BCUT2D eigenvalue weighted by Gasteiger charge is 2.27. The maximum absolute atomic E-state index is 11.5. The first kappa shape index (κ1) is 11.3. The summed E-state index contributed by atoms with van der Waals surface area (Å²) < 4.78 is 0. The number of nitrogens with two attached hydrogens (primary N) is 1. The van der Waals surface area contributed by atoms with E-state index in [0.717, 1.165) is 19.4 Å². The van der Waals surface area contributed by atoms with Gasteiger partial charge in [-0.2, -0.15) is 0 Å². The van der Waals surface area contributed by atoms with Crippen molar-refractivity contribution >= 4 is 6.03 Å². The maximum Gasteiger partial charge on any atom is 0.317 e. The molecular formula is C10H21N3O. The molecule has 2 amide bonds. The fourth-order valence-corrected chi connectivity index (χ4v) is 1.76. The average Bonchev–Trinajstić information content (AvgIpc) is 2.00. The number of urea groups is 1. The van der Waals surface area contributed by atoms with Gasteiger partial charge in [0.25, 0.3) is 0 Å². The number of nitrogens with one attached hydrogen (secondary N) is 1. The highest BCUT2D eigenvalue weighted by molar-refractivity contribution is 5.74. The van der Waals surface area contributed by atoms with Crippen LogP contribution in [0.25, 0.3) is 0 Å². The third-order valence-corrected chi connectivity index (χ3v) is 2.56. The van der Waals surface area contributed by atoms with E-state index in [1.165, 1.54) is 0 Å². The Morgan fingerprint density at radius 2 is 2.14 bits per heavy atom. The molecule has 0 spiro atoms. The fourth-order valence-electron chi connectivity index (χ4n) is 1.76. The van der Waals surface area contributed by atoms with Crippen LogP contribution in [0.1, 0.15) is 26.7 Å². The van der Waals surface area contributed by atoms with Crippen LogP contribution in [-0.4, -0.2) is 36.6 Å². The number of carbonyl (C=O) groups is 1. The Hall–Kier alpha value is -0.770. The minimum absolute atomic E-state index is 0.0143. The molecule has 82 valence electrons. The molecule has 0 bridgehead atoms. The van der Waals surface area contributed by atoms with E-state index in [-0.39, 0.29) is 12.1 Å². The van der Waals surface area contributed by atoms with Gasteiger partial charge in [-0.3, -0.25) is 0 Å². The van der Waals surface area contributed by atoms with Crippen LogP contribution in [0.5, 0.6) is 0 Å². The summed E-state index contributed by atoms with van der Waals surface area (Å²) in [6, 6.07) is 0.579. The highest BCUT2D eigenvalue weighted by Crippen LogP contribution is 2.25. The largest absolute Gasteiger partial charge is 0.336 e. The van der Waals surface area contributed by atoms with Crippen LogP contribution in [0.3, 0.4) is 0 Å². The van der Waals surface area contributed by atoms with E-state index in [0.29, 0.717) is 12.0 Å². The number of amides is 2. The van der Waals surface area contributed by atoms with Crippen LogP contribution < -0.4 is 11.1 Å². The topological polar surface area (TPSA) is 58.4 Å². The first-order valence-corrected chi connectivity index (χ1v) is 5.26. The van der Waals surface area contributed by atoms with E-state index in [9.17, 15) is 4.79 Å². The van der Waals surface area contributed by atoms with Crippen molar-refractivity contribution in [2.75, 3.05) is 13.6 Å². The smallest absolute Gasteiger partial charge is 0.317 e. The normalized spacial score (nSPS) is 25.8. The van der Waals surface area contributed by atoms with Gasteiger partial charge in [0, 0.05) is 25.7 Å². The SMILES string of the molecule is CC(C)NC(=O)N(C)CC1CC(N)C1. The zero-order chi connectivity index (χ0) is 10.7. The van der Waals surface area contributed by atoms with E-state index in [2.05, 4.69) is 5.32 Å². The summed E-state index contributed by atoms with van der Waals surface area (Å²) in [5.41, 5.74) is 5.68. The number of nitrogens with zero attached hydrogens (tertiary/aromatic N) is 1. The first-order chi connectivity index (χ1) is 6.49. The van der Waals surface area contributed by atoms with Gasteiger partial charge in [0.1, 0.15) is 0 Å². The van der Waals surface area contributed by atoms with Gasteiger partial charge in [0.2, 0.25) is 0 Å². The van der Waals surface area contributed by atoms with Gasteiger partial charge in [-0.05, 0) is 32.6 Å². The maximum atomic E-state index is 11.5. The molecule has 1 rings (SSSR count). The summed E-state index contributed by atoms with van der Waals surface area (Å²) >= 11 is 0. The van der Waals surface area contributed by atoms with Crippen molar-refractivity contribution in [3.63, 3.8) is 0 Å². The minimum atomic E-state index is 0.0143. The molecule has 4 heteroatoms. The molecule has 1 aliphatic carbocycles. The van der Waals surface area contributed by atoms with Crippen LogP contribution in [-0.2, 0) is 0 Å². The number of hydrogen-bond donors (Lipinski definition) is 2. The van der Waals surface area contributed by atoms with Crippen LogP contribution in [0.4, 0.5) is 4.79 Å². The molecule has 4 nitrogen and oxygen atoms in total. The van der Waals surface area contributed by atoms with Crippen molar-refractivity contribution in [2.45, 2.75) is 38.8 Å².